The van der Waals surface area contributed by atoms with Crippen LogP contribution in [0.5, 0.6) is 0 Å². The highest BCUT2D eigenvalue weighted by Crippen LogP contribution is 2.34. The molecule has 1 aliphatic rings. The number of halogens is 1. The highest BCUT2D eigenvalue weighted by Gasteiger charge is 2.34. The number of imidazole rings is 1. The summed E-state index contributed by atoms with van der Waals surface area (Å²) in [5.41, 5.74) is 6.58. The van der Waals surface area contributed by atoms with Crippen molar-refractivity contribution in [3.63, 3.8) is 0 Å². The second-order valence-corrected chi connectivity index (χ2v) is 7.69. The van der Waals surface area contributed by atoms with Crippen LogP contribution in [-0.4, -0.2) is 43.8 Å². The predicted molar refractivity (Wildman–Crippen MR) is 122 cm³/mol. The van der Waals surface area contributed by atoms with Crippen molar-refractivity contribution in [3.8, 4) is 11.3 Å². The highest BCUT2D eigenvalue weighted by molar-refractivity contribution is 6.04. The molecule has 1 saturated heterocycles. The molecule has 3 heterocycles. The van der Waals surface area contributed by atoms with Crippen molar-refractivity contribution >= 4 is 23.5 Å². The summed E-state index contributed by atoms with van der Waals surface area (Å²) in [4.78, 5) is 47.0. The first-order valence-electron chi connectivity index (χ1n) is 10.4. The number of aromatic nitrogens is 3. The van der Waals surface area contributed by atoms with Crippen molar-refractivity contribution in [3.05, 3.63) is 78.1 Å². The Morgan fingerprint density at radius 1 is 1.21 bits per heavy atom. The Hall–Kier alpha value is -4.54. The number of nitrogens with one attached hydrogen (secondary N) is 1. The molecule has 1 aromatic carbocycles. The van der Waals surface area contributed by atoms with Gasteiger partial charge in [-0.3, -0.25) is 14.4 Å². The lowest BCUT2D eigenvalue weighted by molar-refractivity contribution is -0.127. The summed E-state index contributed by atoms with van der Waals surface area (Å²) in [6.07, 6.45) is 3.84. The van der Waals surface area contributed by atoms with Gasteiger partial charge in [-0.15, -0.1) is 0 Å². The Balaban J connectivity index is 1.64. The molecule has 34 heavy (non-hydrogen) atoms. The zero-order valence-electron chi connectivity index (χ0n) is 18.1. The molecule has 0 aliphatic carbocycles. The Bertz CT molecular complexity index is 1290. The third-order valence-electron chi connectivity index (χ3n) is 5.56. The number of anilines is 1. The van der Waals surface area contributed by atoms with E-state index in [1.807, 2.05) is 0 Å². The van der Waals surface area contributed by atoms with Gasteiger partial charge in [0.05, 0.1) is 6.04 Å². The van der Waals surface area contributed by atoms with Crippen molar-refractivity contribution in [2.45, 2.75) is 18.9 Å². The molecule has 0 radical (unpaired) electrons. The molecule has 10 nitrogen and oxygen atoms in total. The Morgan fingerprint density at radius 3 is 2.59 bits per heavy atom. The number of likely N-dealkylation sites (tertiary alicyclic amines) is 1. The highest BCUT2D eigenvalue weighted by atomic mass is 19.1. The van der Waals surface area contributed by atoms with E-state index in [0.717, 1.165) is 17.2 Å². The van der Waals surface area contributed by atoms with Crippen molar-refractivity contribution < 1.29 is 18.8 Å². The first-order chi connectivity index (χ1) is 16.3. The van der Waals surface area contributed by atoms with Crippen molar-refractivity contribution in [1.29, 1.82) is 0 Å². The number of amides is 3. The van der Waals surface area contributed by atoms with Crippen LogP contribution < -0.4 is 16.9 Å². The first kappa shape index (κ1) is 22.6. The monoisotopic (exact) mass is 463 g/mol. The molecular weight excluding hydrogens is 441 g/mol. The van der Waals surface area contributed by atoms with Crippen LogP contribution in [0, 0.1) is 5.82 Å². The van der Waals surface area contributed by atoms with E-state index in [9.17, 15) is 18.8 Å². The third kappa shape index (κ3) is 4.22. The van der Waals surface area contributed by atoms with Crippen LogP contribution in [0.25, 0.3) is 11.3 Å². The van der Waals surface area contributed by atoms with Crippen LogP contribution >= 0.6 is 0 Å². The number of hydrogen-bond acceptors (Lipinski definition) is 6. The Morgan fingerprint density at radius 2 is 1.94 bits per heavy atom. The summed E-state index contributed by atoms with van der Waals surface area (Å²) < 4.78 is 14.4. The summed E-state index contributed by atoms with van der Waals surface area (Å²) in [5.74, 6) is 4.54. The van der Waals surface area contributed by atoms with Crippen LogP contribution in [0.2, 0.25) is 0 Å². The fourth-order valence-corrected chi connectivity index (χ4v) is 3.98. The molecule has 0 spiro atoms. The van der Waals surface area contributed by atoms with Gasteiger partial charge in [0.25, 0.3) is 11.8 Å². The molecule has 4 rings (SSSR count). The maximum absolute atomic E-state index is 13.3. The minimum absolute atomic E-state index is 0.0194. The number of rotatable bonds is 6. The summed E-state index contributed by atoms with van der Waals surface area (Å²) in [6, 6.07) is 8.07. The molecule has 1 aliphatic heterocycles. The largest absolute Gasteiger partial charge is 0.364 e. The van der Waals surface area contributed by atoms with Crippen molar-refractivity contribution in [2.24, 2.45) is 5.73 Å². The number of nitrogen functional groups attached to an aromatic ring is 1. The quantitative estimate of drug-likeness (QED) is 0.376. The molecular formula is C23H22FN7O3. The molecule has 5 N–H and O–H groups in total. The van der Waals surface area contributed by atoms with E-state index in [4.69, 9.17) is 11.6 Å². The van der Waals surface area contributed by atoms with Gasteiger partial charge in [0.15, 0.2) is 11.5 Å². The predicted octanol–water partition coefficient (Wildman–Crippen LogP) is 2.00. The molecule has 1 atom stereocenters. The molecule has 2 aromatic heterocycles. The SMILES string of the molecule is C=CC(=O)N1CCC[C@H]1c1nc(-c2ccc(C(=O)Nc3cc(F)ccn3)cc2)c(C(N)=O)n1N. The van der Waals surface area contributed by atoms with Crippen LogP contribution in [0.3, 0.4) is 0 Å². The molecule has 3 aromatic rings. The second kappa shape index (κ2) is 9.14. The average molecular weight is 463 g/mol. The summed E-state index contributed by atoms with van der Waals surface area (Å²) in [5, 5.41) is 2.51. The molecule has 0 bridgehead atoms. The van der Waals surface area contributed by atoms with Gasteiger partial charge in [-0.05, 0) is 37.1 Å². The van der Waals surface area contributed by atoms with Gasteiger partial charge in [-0.2, -0.15) is 0 Å². The number of carbonyl (C=O) groups excluding carboxylic acids is 3. The van der Waals surface area contributed by atoms with E-state index >= 15 is 0 Å². The van der Waals surface area contributed by atoms with Crippen LogP contribution in [-0.2, 0) is 4.79 Å². The van der Waals surface area contributed by atoms with E-state index in [-0.39, 0.29) is 28.7 Å². The topological polar surface area (TPSA) is 149 Å². The fourth-order valence-electron chi connectivity index (χ4n) is 3.98. The lowest BCUT2D eigenvalue weighted by Gasteiger charge is -2.22. The average Bonchev–Trinajstić information content (AvgIpc) is 3.43. The molecule has 1 fully saturated rings. The van der Waals surface area contributed by atoms with E-state index in [1.165, 1.54) is 30.5 Å². The summed E-state index contributed by atoms with van der Waals surface area (Å²) in [6.45, 7) is 4.05. The van der Waals surface area contributed by atoms with Crippen molar-refractivity contribution in [1.82, 2.24) is 19.5 Å². The van der Waals surface area contributed by atoms with E-state index in [2.05, 4.69) is 21.9 Å². The van der Waals surface area contributed by atoms with E-state index in [1.54, 1.807) is 17.0 Å². The lowest BCUT2D eigenvalue weighted by Crippen LogP contribution is -2.32. The van der Waals surface area contributed by atoms with Gasteiger partial charge in [-0.1, -0.05) is 18.7 Å². The zero-order valence-corrected chi connectivity index (χ0v) is 18.1. The number of nitrogens with zero attached hydrogens (tertiary/aromatic N) is 4. The van der Waals surface area contributed by atoms with Crippen LogP contribution in [0.15, 0.2) is 55.3 Å². The van der Waals surface area contributed by atoms with Crippen LogP contribution in [0.1, 0.15) is 45.6 Å². The zero-order chi connectivity index (χ0) is 24.4. The fraction of sp³-hybridized carbons (Fsp3) is 0.174. The Kier molecular flexibility index (Phi) is 6.09. The molecule has 0 unspecified atom stereocenters. The number of pyridine rings is 1. The second-order valence-electron chi connectivity index (χ2n) is 7.69. The van der Waals surface area contributed by atoms with Crippen LogP contribution in [0.4, 0.5) is 10.2 Å². The molecule has 0 saturated carbocycles. The minimum Gasteiger partial charge on any atom is -0.364 e. The van der Waals surface area contributed by atoms with Gasteiger partial charge < -0.3 is 21.8 Å². The summed E-state index contributed by atoms with van der Waals surface area (Å²) in [7, 11) is 0. The molecule has 3 amide bonds. The minimum atomic E-state index is -0.783. The van der Waals surface area contributed by atoms with E-state index in [0.29, 0.717) is 24.4 Å². The smallest absolute Gasteiger partial charge is 0.269 e. The van der Waals surface area contributed by atoms with Gasteiger partial charge in [0.2, 0.25) is 5.91 Å². The number of carbonyl (C=O) groups is 3. The number of hydrogen-bond donors (Lipinski definition) is 3. The maximum Gasteiger partial charge on any atom is 0.269 e. The standard InChI is InChI=1S/C23H22FN7O3/c1-2-18(32)30-11-3-4-16(30)22-29-19(20(21(25)33)31(22)26)13-5-7-14(8-6-13)23(34)28-17-12-15(24)9-10-27-17/h2,5-10,12,16H,1,3-4,11,26H2,(H2,25,33)(H,27,28,34)/t16-/m0/s1. The van der Waals surface area contributed by atoms with Gasteiger partial charge in [0, 0.05) is 29.9 Å². The van der Waals surface area contributed by atoms with Gasteiger partial charge in [-0.25, -0.2) is 19.0 Å². The van der Waals surface area contributed by atoms with Gasteiger partial charge in [0.1, 0.15) is 17.3 Å². The third-order valence-corrected chi connectivity index (χ3v) is 5.56. The maximum atomic E-state index is 13.3. The number of benzene rings is 1. The number of primary amides is 1. The number of nitrogens with two attached hydrogens (primary N) is 2. The normalized spacial score (nSPS) is 15.2. The molecule has 174 valence electrons. The van der Waals surface area contributed by atoms with Gasteiger partial charge >= 0.3 is 0 Å². The molecule has 11 heteroatoms. The first-order valence-corrected chi connectivity index (χ1v) is 10.4. The van der Waals surface area contributed by atoms with Crippen molar-refractivity contribution in [2.75, 3.05) is 17.7 Å². The van der Waals surface area contributed by atoms with E-state index < -0.39 is 23.7 Å². The summed E-state index contributed by atoms with van der Waals surface area (Å²) >= 11 is 0. The lowest BCUT2D eigenvalue weighted by atomic mass is 10.1. The Labute approximate surface area is 194 Å².